The molecule has 1 unspecified atom stereocenters. The van der Waals surface area contributed by atoms with E-state index in [0.717, 1.165) is 0 Å². The number of aromatic nitrogens is 1. The maximum Gasteiger partial charge on any atom is 0.308 e. The van der Waals surface area contributed by atoms with Crippen molar-refractivity contribution < 1.29 is 19.6 Å². The molecule has 1 aromatic heterocycles. The van der Waals surface area contributed by atoms with Gasteiger partial charge in [-0.3, -0.25) is 19.7 Å². The summed E-state index contributed by atoms with van der Waals surface area (Å²) in [5.41, 5.74) is -0.0231. The predicted octanol–water partition coefficient (Wildman–Crippen LogP) is 0.867. The quantitative estimate of drug-likeness (QED) is 0.587. The number of carboxylic acid groups (broad SMARTS) is 1. The summed E-state index contributed by atoms with van der Waals surface area (Å²) in [4.78, 5) is 32.5. The van der Waals surface area contributed by atoms with Crippen molar-refractivity contribution in [3.05, 3.63) is 28.1 Å². The summed E-state index contributed by atoms with van der Waals surface area (Å²) < 4.78 is 1.44. The second kappa shape index (κ2) is 5.98. The summed E-state index contributed by atoms with van der Waals surface area (Å²) in [7, 11) is 0. The highest BCUT2D eigenvalue weighted by molar-refractivity contribution is 5.93. The van der Waals surface area contributed by atoms with Crippen molar-refractivity contribution in [2.45, 2.75) is 20.4 Å². The second-order valence-corrected chi connectivity index (χ2v) is 4.08. The van der Waals surface area contributed by atoms with E-state index in [-0.39, 0.29) is 17.9 Å². The van der Waals surface area contributed by atoms with E-state index in [9.17, 15) is 19.7 Å². The first kappa shape index (κ1) is 14.7. The summed E-state index contributed by atoms with van der Waals surface area (Å²) >= 11 is 0. The van der Waals surface area contributed by atoms with Gasteiger partial charge in [-0.2, -0.15) is 0 Å². The van der Waals surface area contributed by atoms with Crippen LogP contribution in [-0.2, 0) is 11.3 Å². The van der Waals surface area contributed by atoms with E-state index in [1.165, 1.54) is 23.8 Å². The molecule has 0 aliphatic heterocycles. The van der Waals surface area contributed by atoms with Gasteiger partial charge in [-0.25, -0.2) is 0 Å². The van der Waals surface area contributed by atoms with Crippen LogP contribution in [-0.4, -0.2) is 33.0 Å². The largest absolute Gasteiger partial charge is 0.481 e. The minimum absolute atomic E-state index is 0.0309. The minimum atomic E-state index is -1.02. The zero-order valence-corrected chi connectivity index (χ0v) is 10.6. The third-order valence-electron chi connectivity index (χ3n) is 2.66. The summed E-state index contributed by atoms with van der Waals surface area (Å²) in [6.07, 6.45) is 1.27. The molecule has 1 aromatic rings. The van der Waals surface area contributed by atoms with E-state index in [0.29, 0.717) is 6.54 Å². The predicted molar refractivity (Wildman–Crippen MR) is 65.9 cm³/mol. The molecule has 0 radical (unpaired) electrons. The van der Waals surface area contributed by atoms with Crippen LogP contribution in [0.4, 0.5) is 5.69 Å². The van der Waals surface area contributed by atoms with Crippen molar-refractivity contribution in [2.75, 3.05) is 6.54 Å². The number of aliphatic carboxylic acids is 1. The SMILES string of the molecule is CCn1cc([N+](=O)[O-])cc1C(=O)NCC(C)C(=O)O. The third kappa shape index (κ3) is 3.54. The Morgan fingerprint density at radius 2 is 2.21 bits per heavy atom. The Morgan fingerprint density at radius 1 is 1.58 bits per heavy atom. The lowest BCUT2D eigenvalue weighted by atomic mass is 10.2. The number of nitro groups is 1. The minimum Gasteiger partial charge on any atom is -0.481 e. The third-order valence-corrected chi connectivity index (χ3v) is 2.66. The lowest BCUT2D eigenvalue weighted by Gasteiger charge is -2.09. The van der Waals surface area contributed by atoms with Gasteiger partial charge in [0.1, 0.15) is 5.69 Å². The van der Waals surface area contributed by atoms with Crippen molar-refractivity contribution in [3.63, 3.8) is 0 Å². The standard InChI is InChI=1S/C11H15N3O5/c1-3-13-6-8(14(18)19)4-9(13)10(15)12-5-7(2)11(16)17/h4,6-7H,3,5H2,1-2H3,(H,12,15)(H,16,17). The Morgan fingerprint density at radius 3 is 2.68 bits per heavy atom. The molecule has 2 N–H and O–H groups in total. The Labute approximate surface area is 109 Å². The average Bonchev–Trinajstić information content (AvgIpc) is 2.79. The number of hydrogen-bond donors (Lipinski definition) is 2. The molecule has 0 aliphatic carbocycles. The van der Waals surface area contributed by atoms with Gasteiger partial charge in [0.25, 0.3) is 11.6 Å². The normalized spacial score (nSPS) is 11.9. The van der Waals surface area contributed by atoms with Gasteiger partial charge in [0.05, 0.1) is 17.0 Å². The highest BCUT2D eigenvalue weighted by Gasteiger charge is 2.19. The number of hydrogen-bond acceptors (Lipinski definition) is 4. The summed E-state index contributed by atoms with van der Waals surface area (Å²) in [5.74, 6) is -2.26. The molecule has 0 aromatic carbocycles. The number of rotatable bonds is 6. The molecular weight excluding hydrogens is 254 g/mol. The molecule has 0 spiro atoms. The topological polar surface area (TPSA) is 114 Å². The summed E-state index contributed by atoms with van der Waals surface area (Å²) in [6.45, 7) is 3.59. The molecule has 8 heteroatoms. The molecule has 1 rings (SSSR count). The van der Waals surface area contributed by atoms with E-state index in [4.69, 9.17) is 5.11 Å². The van der Waals surface area contributed by atoms with E-state index in [1.807, 2.05) is 0 Å². The van der Waals surface area contributed by atoms with Crippen LogP contribution in [0.25, 0.3) is 0 Å². The number of amides is 1. The van der Waals surface area contributed by atoms with Gasteiger partial charge in [0, 0.05) is 19.2 Å². The van der Waals surface area contributed by atoms with Crippen molar-refractivity contribution >= 4 is 17.6 Å². The van der Waals surface area contributed by atoms with E-state index in [1.54, 1.807) is 6.92 Å². The number of aryl methyl sites for hydroxylation is 1. The van der Waals surface area contributed by atoms with Gasteiger partial charge in [-0.05, 0) is 6.92 Å². The fraction of sp³-hybridized carbons (Fsp3) is 0.455. The fourth-order valence-electron chi connectivity index (χ4n) is 1.47. The Balaban J connectivity index is 2.81. The smallest absolute Gasteiger partial charge is 0.308 e. The van der Waals surface area contributed by atoms with Crippen LogP contribution in [0.1, 0.15) is 24.3 Å². The molecule has 8 nitrogen and oxygen atoms in total. The van der Waals surface area contributed by atoms with E-state index < -0.39 is 22.7 Å². The first-order valence-corrected chi connectivity index (χ1v) is 5.72. The van der Waals surface area contributed by atoms with Crippen LogP contribution in [0.5, 0.6) is 0 Å². The van der Waals surface area contributed by atoms with Crippen LogP contribution >= 0.6 is 0 Å². The molecular formula is C11H15N3O5. The van der Waals surface area contributed by atoms with Gasteiger partial charge < -0.3 is 15.0 Å². The van der Waals surface area contributed by atoms with Crippen LogP contribution in [0, 0.1) is 16.0 Å². The molecule has 0 fully saturated rings. The van der Waals surface area contributed by atoms with E-state index >= 15 is 0 Å². The van der Waals surface area contributed by atoms with Crippen LogP contribution in [0.15, 0.2) is 12.3 Å². The molecule has 0 saturated heterocycles. The van der Waals surface area contributed by atoms with Crippen LogP contribution < -0.4 is 5.32 Å². The molecule has 0 bridgehead atoms. The maximum atomic E-state index is 11.8. The lowest BCUT2D eigenvalue weighted by molar-refractivity contribution is -0.384. The second-order valence-electron chi connectivity index (χ2n) is 4.08. The molecule has 1 heterocycles. The molecule has 19 heavy (non-hydrogen) atoms. The monoisotopic (exact) mass is 269 g/mol. The number of carboxylic acids is 1. The Hall–Kier alpha value is -2.38. The van der Waals surface area contributed by atoms with Crippen molar-refractivity contribution in [1.82, 2.24) is 9.88 Å². The molecule has 1 atom stereocenters. The van der Waals surface area contributed by atoms with Crippen molar-refractivity contribution in [1.29, 1.82) is 0 Å². The molecule has 1 amide bonds. The Kier molecular flexibility index (Phi) is 4.62. The van der Waals surface area contributed by atoms with Crippen LogP contribution in [0.3, 0.4) is 0 Å². The first-order valence-electron chi connectivity index (χ1n) is 5.72. The average molecular weight is 269 g/mol. The van der Waals surface area contributed by atoms with Gasteiger partial charge in [-0.15, -0.1) is 0 Å². The van der Waals surface area contributed by atoms with Gasteiger partial charge in [0.2, 0.25) is 0 Å². The highest BCUT2D eigenvalue weighted by Crippen LogP contribution is 2.16. The zero-order chi connectivity index (χ0) is 14.6. The molecule has 0 aliphatic rings. The zero-order valence-electron chi connectivity index (χ0n) is 10.6. The Bertz CT molecular complexity index is 508. The summed E-state index contributed by atoms with van der Waals surface area (Å²) in [6, 6.07) is 1.17. The van der Waals surface area contributed by atoms with Gasteiger partial charge in [0.15, 0.2) is 0 Å². The van der Waals surface area contributed by atoms with E-state index in [2.05, 4.69) is 5.32 Å². The summed E-state index contributed by atoms with van der Waals surface area (Å²) in [5, 5.41) is 21.8. The van der Waals surface area contributed by atoms with Crippen molar-refractivity contribution in [2.24, 2.45) is 5.92 Å². The number of carbonyl (C=O) groups excluding carboxylic acids is 1. The number of nitrogens with zero attached hydrogens (tertiary/aromatic N) is 2. The first-order chi connectivity index (χ1) is 8.86. The number of nitrogens with one attached hydrogen (secondary N) is 1. The molecule has 0 saturated carbocycles. The van der Waals surface area contributed by atoms with Crippen LogP contribution in [0.2, 0.25) is 0 Å². The number of carbonyl (C=O) groups is 2. The maximum absolute atomic E-state index is 11.8. The van der Waals surface area contributed by atoms with Crippen molar-refractivity contribution in [3.8, 4) is 0 Å². The van der Waals surface area contributed by atoms with Gasteiger partial charge >= 0.3 is 5.97 Å². The lowest BCUT2D eigenvalue weighted by Crippen LogP contribution is -2.32. The highest BCUT2D eigenvalue weighted by atomic mass is 16.6. The molecule has 104 valence electrons. The fourth-order valence-corrected chi connectivity index (χ4v) is 1.47. The van der Waals surface area contributed by atoms with Gasteiger partial charge in [-0.1, -0.05) is 6.92 Å².